The first-order chi connectivity index (χ1) is 9.20. The van der Waals surface area contributed by atoms with Crippen LogP contribution in [0.2, 0.25) is 0 Å². The summed E-state index contributed by atoms with van der Waals surface area (Å²) in [6, 6.07) is 0. The maximum Gasteiger partial charge on any atom is 0.338 e. The molecule has 1 saturated carbocycles. The maximum atomic E-state index is 12.0. The lowest BCUT2D eigenvalue weighted by Gasteiger charge is -2.44. The molecule has 118 valence electrons. The molecule has 1 aliphatic carbocycles. The Morgan fingerprint density at radius 3 is 2.00 bits per heavy atom. The first kappa shape index (κ1) is 17.5. The van der Waals surface area contributed by atoms with Crippen LogP contribution in [0.5, 0.6) is 0 Å². The van der Waals surface area contributed by atoms with E-state index in [4.69, 9.17) is 4.74 Å². The fraction of sp³-hybridized carbons (Fsp3) is 0.941. The third-order valence-electron chi connectivity index (χ3n) is 5.76. The maximum absolute atomic E-state index is 12.0. The zero-order valence-electron chi connectivity index (χ0n) is 14.0. The van der Waals surface area contributed by atoms with E-state index in [0.717, 1.165) is 25.7 Å². The normalized spacial score (nSPS) is 27.2. The van der Waals surface area contributed by atoms with Gasteiger partial charge < -0.3 is 9.84 Å². The lowest BCUT2D eigenvalue weighted by atomic mass is 9.63. The Labute approximate surface area is 124 Å². The molecule has 0 bridgehead atoms. The third-order valence-corrected chi connectivity index (χ3v) is 5.76. The molecule has 1 rings (SSSR count). The molecular weight excluding hydrogens is 252 g/mol. The molecule has 1 unspecified atom stereocenters. The van der Waals surface area contributed by atoms with Crippen LogP contribution in [0, 0.1) is 23.2 Å². The lowest BCUT2D eigenvalue weighted by Crippen LogP contribution is -2.52. The fourth-order valence-corrected chi connectivity index (χ4v) is 3.64. The van der Waals surface area contributed by atoms with Gasteiger partial charge in [0, 0.05) is 0 Å². The minimum Gasteiger partial charge on any atom is -0.467 e. The first-order valence-electron chi connectivity index (χ1n) is 8.00. The number of rotatable bonds is 5. The van der Waals surface area contributed by atoms with Gasteiger partial charge in [-0.15, -0.1) is 0 Å². The SMILES string of the molecule is CCC(C)(C)C1CCC(C(O)(C(=O)OC)C(C)C)CC1. The lowest BCUT2D eigenvalue weighted by molar-refractivity contribution is -0.178. The van der Waals surface area contributed by atoms with Crippen molar-refractivity contribution in [2.75, 3.05) is 7.11 Å². The minimum absolute atomic E-state index is 0.0267. The number of hydrogen-bond donors (Lipinski definition) is 1. The number of methoxy groups -OCH3 is 1. The molecule has 0 spiro atoms. The quantitative estimate of drug-likeness (QED) is 0.781. The van der Waals surface area contributed by atoms with Crippen molar-refractivity contribution >= 4 is 5.97 Å². The number of hydrogen-bond acceptors (Lipinski definition) is 3. The number of esters is 1. The molecule has 0 saturated heterocycles. The van der Waals surface area contributed by atoms with Crippen molar-refractivity contribution < 1.29 is 14.6 Å². The summed E-state index contributed by atoms with van der Waals surface area (Å²) in [7, 11) is 1.36. The average Bonchev–Trinajstić information content (AvgIpc) is 2.45. The molecular formula is C17H32O3. The number of ether oxygens (including phenoxy) is 1. The zero-order valence-corrected chi connectivity index (χ0v) is 14.0. The molecule has 1 N–H and O–H groups in total. The van der Waals surface area contributed by atoms with E-state index < -0.39 is 11.6 Å². The molecule has 20 heavy (non-hydrogen) atoms. The fourth-order valence-electron chi connectivity index (χ4n) is 3.64. The van der Waals surface area contributed by atoms with Gasteiger partial charge in [-0.3, -0.25) is 0 Å². The van der Waals surface area contributed by atoms with E-state index >= 15 is 0 Å². The van der Waals surface area contributed by atoms with Crippen LogP contribution in [0.4, 0.5) is 0 Å². The average molecular weight is 284 g/mol. The molecule has 0 aromatic rings. The Balaban J connectivity index is 2.79. The second kappa shape index (κ2) is 6.46. The van der Waals surface area contributed by atoms with Gasteiger partial charge in [0.1, 0.15) is 0 Å². The molecule has 0 heterocycles. The molecule has 0 aliphatic heterocycles. The molecule has 1 fully saturated rings. The van der Waals surface area contributed by atoms with E-state index in [9.17, 15) is 9.90 Å². The van der Waals surface area contributed by atoms with Gasteiger partial charge in [0.05, 0.1) is 7.11 Å². The van der Waals surface area contributed by atoms with Gasteiger partial charge in [0.25, 0.3) is 0 Å². The van der Waals surface area contributed by atoms with Gasteiger partial charge in [0.15, 0.2) is 5.60 Å². The number of carbonyl (C=O) groups is 1. The second-order valence-corrected chi connectivity index (χ2v) is 7.36. The highest BCUT2D eigenvalue weighted by Crippen LogP contribution is 2.46. The summed E-state index contributed by atoms with van der Waals surface area (Å²) in [6.45, 7) is 10.7. The molecule has 0 aromatic carbocycles. The van der Waals surface area contributed by atoms with Crippen molar-refractivity contribution in [3.8, 4) is 0 Å². The molecule has 1 aliphatic rings. The van der Waals surface area contributed by atoms with Gasteiger partial charge in [0.2, 0.25) is 0 Å². The van der Waals surface area contributed by atoms with Gasteiger partial charge in [-0.05, 0) is 48.9 Å². The molecule has 0 aromatic heterocycles. The van der Waals surface area contributed by atoms with Crippen molar-refractivity contribution in [1.29, 1.82) is 0 Å². The van der Waals surface area contributed by atoms with E-state index in [0.29, 0.717) is 11.3 Å². The Morgan fingerprint density at radius 2 is 1.65 bits per heavy atom. The van der Waals surface area contributed by atoms with Crippen LogP contribution in [0.25, 0.3) is 0 Å². The predicted molar refractivity (Wildman–Crippen MR) is 81.3 cm³/mol. The summed E-state index contributed by atoms with van der Waals surface area (Å²) in [5.41, 5.74) is -0.970. The summed E-state index contributed by atoms with van der Waals surface area (Å²) < 4.78 is 4.86. The monoisotopic (exact) mass is 284 g/mol. The topological polar surface area (TPSA) is 46.5 Å². The Kier molecular flexibility index (Phi) is 5.65. The van der Waals surface area contributed by atoms with E-state index in [1.165, 1.54) is 13.5 Å². The van der Waals surface area contributed by atoms with Crippen LogP contribution in [0.3, 0.4) is 0 Å². The summed E-state index contributed by atoms with van der Waals surface area (Å²) in [6.07, 6.45) is 5.19. The third kappa shape index (κ3) is 3.19. The minimum atomic E-state index is -1.32. The molecule has 1 atom stereocenters. The van der Waals surface area contributed by atoms with E-state index in [2.05, 4.69) is 20.8 Å². The summed E-state index contributed by atoms with van der Waals surface area (Å²) in [5, 5.41) is 10.9. The van der Waals surface area contributed by atoms with E-state index in [1.54, 1.807) is 0 Å². The standard InChI is InChI=1S/C17H32O3/c1-7-16(4,5)13-8-10-14(11-9-13)17(19,12(2)3)15(18)20-6/h12-14,19H,7-11H2,1-6H3. The Hall–Kier alpha value is -0.570. The molecule has 3 nitrogen and oxygen atoms in total. The molecule has 3 heteroatoms. The van der Waals surface area contributed by atoms with E-state index in [1.807, 2.05) is 13.8 Å². The van der Waals surface area contributed by atoms with Gasteiger partial charge in [-0.1, -0.05) is 41.0 Å². The summed E-state index contributed by atoms with van der Waals surface area (Å²) in [5.74, 6) is 0.137. The highest BCUT2D eigenvalue weighted by molar-refractivity contribution is 5.80. The van der Waals surface area contributed by atoms with Crippen LogP contribution < -0.4 is 0 Å². The highest BCUT2D eigenvalue weighted by Gasteiger charge is 2.49. The van der Waals surface area contributed by atoms with Crippen molar-refractivity contribution in [3.63, 3.8) is 0 Å². The number of aliphatic hydroxyl groups is 1. The van der Waals surface area contributed by atoms with Crippen LogP contribution in [-0.4, -0.2) is 23.8 Å². The van der Waals surface area contributed by atoms with Crippen LogP contribution in [-0.2, 0) is 9.53 Å². The second-order valence-electron chi connectivity index (χ2n) is 7.36. The highest BCUT2D eigenvalue weighted by atomic mass is 16.5. The largest absolute Gasteiger partial charge is 0.467 e. The first-order valence-corrected chi connectivity index (χ1v) is 8.00. The zero-order chi connectivity index (χ0) is 15.6. The van der Waals surface area contributed by atoms with Gasteiger partial charge in [-0.25, -0.2) is 4.79 Å². The van der Waals surface area contributed by atoms with Crippen LogP contribution in [0.1, 0.15) is 66.7 Å². The smallest absolute Gasteiger partial charge is 0.338 e. The van der Waals surface area contributed by atoms with Crippen molar-refractivity contribution in [3.05, 3.63) is 0 Å². The predicted octanol–water partition coefficient (Wildman–Crippen LogP) is 3.79. The molecule has 0 radical (unpaired) electrons. The molecule has 0 amide bonds. The van der Waals surface area contributed by atoms with Crippen molar-refractivity contribution in [2.45, 2.75) is 72.3 Å². The Bertz CT molecular complexity index is 327. The van der Waals surface area contributed by atoms with Crippen molar-refractivity contribution in [1.82, 2.24) is 0 Å². The summed E-state index contributed by atoms with van der Waals surface area (Å²) in [4.78, 5) is 12.0. The van der Waals surface area contributed by atoms with Crippen LogP contribution in [0.15, 0.2) is 0 Å². The van der Waals surface area contributed by atoms with Gasteiger partial charge >= 0.3 is 5.97 Å². The van der Waals surface area contributed by atoms with E-state index in [-0.39, 0.29) is 11.8 Å². The van der Waals surface area contributed by atoms with Gasteiger partial charge in [-0.2, -0.15) is 0 Å². The number of carbonyl (C=O) groups excluding carboxylic acids is 1. The summed E-state index contributed by atoms with van der Waals surface area (Å²) >= 11 is 0. The van der Waals surface area contributed by atoms with Crippen LogP contribution >= 0.6 is 0 Å². The van der Waals surface area contributed by atoms with Crippen molar-refractivity contribution in [2.24, 2.45) is 23.2 Å². The Morgan fingerprint density at radius 1 is 1.20 bits per heavy atom.